The van der Waals surface area contributed by atoms with Crippen molar-refractivity contribution in [3.63, 3.8) is 0 Å². The van der Waals surface area contributed by atoms with E-state index in [2.05, 4.69) is 0 Å². The van der Waals surface area contributed by atoms with Gasteiger partial charge in [-0.3, -0.25) is 0 Å². The Hall–Kier alpha value is -3.77. The predicted octanol–water partition coefficient (Wildman–Crippen LogP) is 7.48. The second kappa shape index (κ2) is 12.8. The van der Waals surface area contributed by atoms with E-state index in [1.807, 2.05) is 26.0 Å². The summed E-state index contributed by atoms with van der Waals surface area (Å²) in [6.07, 6.45) is 12.9. The van der Waals surface area contributed by atoms with Gasteiger partial charge in [0, 0.05) is 0 Å². The number of halogens is 4. The second-order valence-corrected chi connectivity index (χ2v) is 18.6. The quantitative estimate of drug-likeness (QED) is 0.141. The molecule has 4 atom stereocenters. The molecule has 4 aliphatic rings. The number of ether oxygens (including phenoxy) is 4. The molecule has 4 heterocycles. The number of hydrogen-bond donors (Lipinski definition) is 0. The van der Waals surface area contributed by atoms with Gasteiger partial charge in [-0.15, -0.1) is 0 Å². The van der Waals surface area contributed by atoms with Crippen LogP contribution >= 0.6 is 0 Å². The van der Waals surface area contributed by atoms with Gasteiger partial charge in [0.2, 0.25) is 0 Å². The molecule has 2 aromatic heterocycles. The minimum atomic E-state index is -5.13. The summed E-state index contributed by atoms with van der Waals surface area (Å²) in [7, 11) is 0. The van der Waals surface area contributed by atoms with E-state index in [0.29, 0.717) is 45.2 Å². The van der Waals surface area contributed by atoms with Crippen molar-refractivity contribution in [2.75, 3.05) is 13.2 Å². The van der Waals surface area contributed by atoms with E-state index in [-0.39, 0.29) is 31.3 Å². The first-order chi connectivity index (χ1) is 23.8. The Morgan fingerprint density at radius 1 is 0.633 bits per heavy atom. The third kappa shape index (κ3) is 5.28. The van der Waals surface area contributed by atoms with Gasteiger partial charge in [-0.25, -0.2) is 0 Å². The van der Waals surface area contributed by atoms with E-state index >= 15 is 17.6 Å². The fourth-order valence-corrected chi connectivity index (χ4v) is 15.8. The molecule has 252 valence electrons. The third-order valence-electron chi connectivity index (χ3n) is 9.64. The monoisotopic (exact) mass is 706 g/mol. The first kappa shape index (κ1) is 32.4. The van der Waals surface area contributed by atoms with Gasteiger partial charge < -0.3 is 0 Å². The molecule has 0 radical (unpaired) electrons. The van der Waals surface area contributed by atoms with Crippen LogP contribution in [0.2, 0.25) is 0 Å². The number of nitrogens with zero attached hydrogens (tertiary/aromatic N) is 2. The molecule has 8 rings (SSSR count). The third-order valence-corrected chi connectivity index (χ3v) is 17.6. The number of allylic oxidation sites excluding steroid dienone is 8. The molecule has 4 aromatic rings. The molecule has 11 heteroatoms. The zero-order chi connectivity index (χ0) is 33.9. The van der Waals surface area contributed by atoms with Crippen molar-refractivity contribution in [2.45, 2.75) is 51.5 Å². The zero-order valence-corrected chi connectivity index (χ0v) is 28.5. The van der Waals surface area contributed by atoms with Crippen molar-refractivity contribution in [1.82, 2.24) is 9.13 Å². The molecule has 4 unspecified atom stereocenters. The van der Waals surface area contributed by atoms with Crippen LogP contribution in [0.5, 0.6) is 0 Å². The summed E-state index contributed by atoms with van der Waals surface area (Å²) in [5.41, 5.74) is 1.11. The number of aromatic nitrogens is 2. The van der Waals surface area contributed by atoms with Gasteiger partial charge in [0.25, 0.3) is 0 Å². The average Bonchev–Trinajstić information content (AvgIpc) is 3.91. The summed E-state index contributed by atoms with van der Waals surface area (Å²) < 4.78 is 95.9. The van der Waals surface area contributed by atoms with Gasteiger partial charge in [0.05, 0.1) is 0 Å². The van der Waals surface area contributed by atoms with Crippen molar-refractivity contribution in [1.29, 1.82) is 0 Å². The topological polar surface area (TPSA) is 46.8 Å². The second-order valence-electron chi connectivity index (χ2n) is 12.7. The standard InChI is InChI=1S/2C14H12F2NO2.2C5H5.Ti/c2*1-9-8-18-14(19-9)13-3-2-6-17(13)12-5-4-10(15)7-11(12)16;2*1-2-4-5-3-1;/h2*2-6,9,14H,8H2,1H3;2*1-3H,4H2;. The fourth-order valence-electron chi connectivity index (χ4n) is 7.51. The van der Waals surface area contributed by atoms with Crippen LogP contribution in [-0.4, -0.2) is 34.6 Å². The van der Waals surface area contributed by atoms with Crippen molar-refractivity contribution in [3.8, 4) is 11.4 Å². The molecule has 0 amide bonds. The Kier molecular flexibility index (Phi) is 8.50. The Bertz CT molecular complexity index is 1920. The molecule has 2 aliphatic heterocycles. The molecule has 0 bridgehead atoms. The summed E-state index contributed by atoms with van der Waals surface area (Å²) in [5.74, 6) is -3.47. The van der Waals surface area contributed by atoms with E-state index < -0.39 is 52.4 Å². The van der Waals surface area contributed by atoms with Gasteiger partial charge in [0.15, 0.2) is 0 Å². The van der Waals surface area contributed by atoms with Gasteiger partial charge >= 0.3 is 286 Å². The van der Waals surface area contributed by atoms with Gasteiger partial charge in [0.1, 0.15) is 0 Å². The Balaban J connectivity index is 1.39. The van der Waals surface area contributed by atoms with Crippen LogP contribution in [-0.2, 0) is 35.5 Å². The molecule has 0 spiro atoms. The van der Waals surface area contributed by atoms with E-state index in [4.69, 9.17) is 18.9 Å². The number of rotatable bonds is 8. The summed E-state index contributed by atoms with van der Waals surface area (Å²) in [6.45, 7) is 4.48. The van der Waals surface area contributed by atoms with Gasteiger partial charge in [-0.2, -0.15) is 0 Å². The summed E-state index contributed by atoms with van der Waals surface area (Å²) in [4.78, 5) is 0. The van der Waals surface area contributed by atoms with Gasteiger partial charge in [-0.1, -0.05) is 0 Å². The number of hydrogen-bond acceptors (Lipinski definition) is 4. The van der Waals surface area contributed by atoms with Crippen LogP contribution < -0.4 is 7.74 Å². The molecule has 0 saturated carbocycles. The molecule has 2 aliphatic carbocycles. The fraction of sp³-hybridized carbons (Fsp3) is 0.263. The number of benzene rings is 2. The maximum atomic E-state index is 17.6. The molecular weight excluding hydrogens is 672 g/mol. The van der Waals surface area contributed by atoms with E-state index in [0.717, 1.165) is 0 Å². The van der Waals surface area contributed by atoms with Crippen LogP contribution in [0.3, 0.4) is 0 Å². The molecule has 6 nitrogen and oxygen atoms in total. The van der Waals surface area contributed by atoms with Crippen molar-refractivity contribution < 1.29 is 53.1 Å². The molecule has 0 N–H and O–H groups in total. The first-order valence-electron chi connectivity index (χ1n) is 16.4. The minimum absolute atomic E-state index is 0.0329. The maximum absolute atomic E-state index is 17.6. The van der Waals surface area contributed by atoms with Crippen LogP contribution in [0.15, 0.2) is 105 Å². The summed E-state index contributed by atoms with van der Waals surface area (Å²) in [6, 6.07) is 12.1. The van der Waals surface area contributed by atoms with Crippen LogP contribution in [0.25, 0.3) is 11.4 Å². The average molecular weight is 707 g/mol. The molecule has 49 heavy (non-hydrogen) atoms. The summed E-state index contributed by atoms with van der Waals surface area (Å²) >= 11 is -5.13. The Morgan fingerprint density at radius 3 is 1.45 bits per heavy atom. The van der Waals surface area contributed by atoms with Crippen molar-refractivity contribution >= 4 is 7.74 Å². The predicted molar refractivity (Wildman–Crippen MR) is 173 cm³/mol. The van der Waals surface area contributed by atoms with E-state index in [9.17, 15) is 0 Å². The SMILES string of the molecule is CC1COC(c2cccn2-c2ccc(F)[c]([Ti]([C]3=CC=CC3)([C]3=CC=CC3)[c]3c(F)ccc(-n4cccc4C4OCC(C)O4)c3F)c2F)O1. The van der Waals surface area contributed by atoms with Crippen LogP contribution in [0, 0.1) is 23.3 Å². The van der Waals surface area contributed by atoms with Crippen LogP contribution in [0.1, 0.15) is 50.7 Å². The molecule has 2 saturated heterocycles. The first-order valence-corrected chi connectivity index (χ1v) is 19.5. The normalized spacial score (nSPS) is 23.6. The van der Waals surface area contributed by atoms with E-state index in [1.54, 1.807) is 70.1 Å². The molecule has 2 aromatic carbocycles. The van der Waals surface area contributed by atoms with Gasteiger partial charge in [-0.05, 0) is 0 Å². The molecular formula is C38H34F4N2O4Ti. The summed E-state index contributed by atoms with van der Waals surface area (Å²) in [5, 5.41) is 0. The Labute approximate surface area is 284 Å². The van der Waals surface area contributed by atoms with Crippen molar-refractivity contribution in [2.24, 2.45) is 0 Å². The van der Waals surface area contributed by atoms with Crippen LogP contribution in [0.4, 0.5) is 17.6 Å². The molecule has 2 fully saturated rings. The van der Waals surface area contributed by atoms with Crippen molar-refractivity contribution in [3.05, 3.63) is 140 Å². The zero-order valence-electron chi connectivity index (χ0n) is 26.9. The van der Waals surface area contributed by atoms with E-state index in [1.165, 1.54) is 24.3 Å². The Morgan fingerprint density at radius 2 is 1.08 bits per heavy atom.